The summed E-state index contributed by atoms with van der Waals surface area (Å²) in [5, 5.41) is 4.22. The number of hydrogen-bond donors (Lipinski definition) is 1. The van der Waals surface area contributed by atoms with Crippen LogP contribution < -0.4 is 5.56 Å². The van der Waals surface area contributed by atoms with Crippen LogP contribution in [0.15, 0.2) is 23.3 Å². The topological polar surface area (TPSA) is 39.3 Å². The molecule has 4 nitrogen and oxygen atoms in total. The molecule has 0 aliphatic carbocycles. The van der Waals surface area contributed by atoms with Crippen LogP contribution in [0.3, 0.4) is 0 Å². The fourth-order valence-corrected chi connectivity index (χ4v) is 2.12. The molecule has 2 aromatic heterocycles. The predicted octanol–water partition coefficient (Wildman–Crippen LogP) is 1.90. The van der Waals surface area contributed by atoms with E-state index in [4.69, 9.17) is 0 Å². The van der Waals surface area contributed by atoms with Gasteiger partial charge in [0.05, 0.1) is 5.69 Å². The van der Waals surface area contributed by atoms with E-state index >= 15 is 0 Å². The molecule has 2 rings (SSSR count). The van der Waals surface area contributed by atoms with Crippen LogP contribution in [-0.2, 0) is 6.54 Å². The van der Waals surface area contributed by atoms with Crippen molar-refractivity contribution < 1.29 is 0 Å². The highest BCUT2D eigenvalue weighted by atomic mass is 32.1. The van der Waals surface area contributed by atoms with Gasteiger partial charge in [-0.25, -0.2) is 4.52 Å². The Labute approximate surface area is 106 Å². The Morgan fingerprint density at radius 1 is 1.29 bits per heavy atom. The summed E-state index contributed by atoms with van der Waals surface area (Å²) in [5.74, 6) is 0.912. The summed E-state index contributed by atoms with van der Waals surface area (Å²) in [4.78, 5) is 12.1. The number of fused-ring (bicyclic) bond motifs is 1. The lowest BCUT2D eigenvalue weighted by molar-refractivity contribution is 0.587. The molecule has 0 aromatic carbocycles. The zero-order chi connectivity index (χ0) is 12.3. The molecular formula is C12H17N3OS. The average molecular weight is 251 g/mol. The SMILES string of the molecule is Cc1cc2c(=O)n(CCCCCS)ccn2n1. The van der Waals surface area contributed by atoms with Crippen molar-refractivity contribution in [2.24, 2.45) is 0 Å². The molecule has 0 amide bonds. The zero-order valence-corrected chi connectivity index (χ0v) is 10.9. The fourth-order valence-electron chi connectivity index (χ4n) is 1.90. The first-order valence-electron chi connectivity index (χ1n) is 5.88. The monoisotopic (exact) mass is 251 g/mol. The summed E-state index contributed by atoms with van der Waals surface area (Å²) in [6.45, 7) is 2.66. The van der Waals surface area contributed by atoms with Gasteiger partial charge in [0.1, 0.15) is 5.52 Å². The van der Waals surface area contributed by atoms with Crippen LogP contribution in [0.5, 0.6) is 0 Å². The van der Waals surface area contributed by atoms with Crippen LogP contribution in [0.4, 0.5) is 0 Å². The highest BCUT2D eigenvalue weighted by molar-refractivity contribution is 7.80. The van der Waals surface area contributed by atoms with Gasteiger partial charge in [0, 0.05) is 18.9 Å². The largest absolute Gasteiger partial charge is 0.312 e. The van der Waals surface area contributed by atoms with Crippen LogP contribution in [0.1, 0.15) is 25.0 Å². The normalized spacial score (nSPS) is 11.2. The zero-order valence-electron chi connectivity index (χ0n) is 9.96. The molecular weight excluding hydrogens is 234 g/mol. The van der Waals surface area contributed by atoms with E-state index in [1.807, 2.05) is 25.4 Å². The molecule has 0 N–H and O–H groups in total. The molecule has 2 aromatic rings. The van der Waals surface area contributed by atoms with Crippen molar-refractivity contribution in [2.75, 3.05) is 5.75 Å². The number of unbranched alkanes of at least 4 members (excludes halogenated alkanes) is 2. The second-order valence-electron chi connectivity index (χ2n) is 4.20. The highest BCUT2D eigenvalue weighted by Crippen LogP contribution is 2.02. The molecule has 92 valence electrons. The van der Waals surface area contributed by atoms with E-state index in [2.05, 4.69) is 17.7 Å². The van der Waals surface area contributed by atoms with E-state index in [9.17, 15) is 4.79 Å². The lowest BCUT2D eigenvalue weighted by atomic mass is 10.2. The lowest BCUT2D eigenvalue weighted by Gasteiger charge is -2.05. The first kappa shape index (κ1) is 12.2. The van der Waals surface area contributed by atoms with Crippen LogP contribution >= 0.6 is 12.6 Å². The second kappa shape index (κ2) is 5.40. The highest BCUT2D eigenvalue weighted by Gasteiger charge is 2.04. The maximum atomic E-state index is 12.1. The van der Waals surface area contributed by atoms with E-state index in [1.54, 1.807) is 9.08 Å². The standard InChI is InChI=1S/C12H17N3OS/c1-10-9-11-12(16)14(5-3-2-4-8-17)6-7-15(11)13-10/h6-7,9,17H,2-5,8H2,1H3. The molecule has 0 radical (unpaired) electrons. The van der Waals surface area contributed by atoms with Crippen molar-refractivity contribution in [1.82, 2.24) is 14.2 Å². The van der Waals surface area contributed by atoms with Gasteiger partial charge < -0.3 is 4.57 Å². The Kier molecular flexibility index (Phi) is 3.89. The summed E-state index contributed by atoms with van der Waals surface area (Å²) in [5.41, 5.74) is 1.56. The van der Waals surface area contributed by atoms with Gasteiger partial charge in [-0.3, -0.25) is 4.79 Å². The third kappa shape index (κ3) is 2.72. The molecule has 2 heterocycles. The number of aryl methyl sites for hydroxylation is 2. The van der Waals surface area contributed by atoms with Gasteiger partial charge in [0.25, 0.3) is 5.56 Å². The number of nitrogens with zero attached hydrogens (tertiary/aromatic N) is 3. The Morgan fingerprint density at radius 2 is 2.12 bits per heavy atom. The maximum absolute atomic E-state index is 12.1. The molecule has 0 bridgehead atoms. The number of rotatable bonds is 5. The minimum absolute atomic E-state index is 0.0407. The summed E-state index contributed by atoms with van der Waals surface area (Å²) in [6, 6.07) is 1.83. The van der Waals surface area contributed by atoms with Gasteiger partial charge in [0.15, 0.2) is 0 Å². The number of aromatic nitrogens is 3. The van der Waals surface area contributed by atoms with Crippen LogP contribution in [0.2, 0.25) is 0 Å². The van der Waals surface area contributed by atoms with Gasteiger partial charge in [-0.1, -0.05) is 6.42 Å². The molecule has 0 spiro atoms. The van der Waals surface area contributed by atoms with Crippen molar-refractivity contribution in [1.29, 1.82) is 0 Å². The van der Waals surface area contributed by atoms with Crippen molar-refractivity contribution >= 4 is 18.1 Å². The molecule has 0 aliphatic heterocycles. The fraction of sp³-hybridized carbons (Fsp3) is 0.500. The first-order chi connectivity index (χ1) is 8.22. The minimum atomic E-state index is 0.0407. The Hall–Kier alpha value is -1.23. The third-order valence-electron chi connectivity index (χ3n) is 2.78. The molecule has 0 aliphatic rings. The van der Waals surface area contributed by atoms with Gasteiger partial charge in [-0.05, 0) is 31.6 Å². The third-order valence-corrected chi connectivity index (χ3v) is 3.10. The molecule has 0 saturated carbocycles. The molecule has 0 unspecified atom stereocenters. The molecule has 0 atom stereocenters. The van der Waals surface area contributed by atoms with Crippen molar-refractivity contribution in [3.8, 4) is 0 Å². The Bertz CT molecular complexity index is 558. The van der Waals surface area contributed by atoms with E-state index < -0.39 is 0 Å². The van der Waals surface area contributed by atoms with Gasteiger partial charge in [-0.2, -0.15) is 17.7 Å². The number of hydrogen-bond acceptors (Lipinski definition) is 3. The van der Waals surface area contributed by atoms with Gasteiger partial charge in [-0.15, -0.1) is 0 Å². The quantitative estimate of drug-likeness (QED) is 0.651. The molecule has 0 saturated heterocycles. The second-order valence-corrected chi connectivity index (χ2v) is 4.64. The summed E-state index contributed by atoms with van der Waals surface area (Å²) < 4.78 is 3.40. The Morgan fingerprint density at radius 3 is 2.88 bits per heavy atom. The summed E-state index contributed by atoms with van der Waals surface area (Å²) in [7, 11) is 0. The molecule has 0 fully saturated rings. The Balaban J connectivity index is 2.18. The average Bonchev–Trinajstić information content (AvgIpc) is 2.69. The van der Waals surface area contributed by atoms with Crippen LogP contribution in [0.25, 0.3) is 5.52 Å². The number of thiol groups is 1. The van der Waals surface area contributed by atoms with Crippen molar-refractivity contribution in [3.05, 3.63) is 34.5 Å². The smallest absolute Gasteiger partial charge is 0.276 e. The van der Waals surface area contributed by atoms with E-state index in [1.165, 1.54) is 0 Å². The lowest BCUT2D eigenvalue weighted by Crippen LogP contribution is -2.21. The van der Waals surface area contributed by atoms with Crippen LogP contribution in [-0.4, -0.2) is 19.9 Å². The van der Waals surface area contributed by atoms with Gasteiger partial charge in [0.2, 0.25) is 0 Å². The maximum Gasteiger partial charge on any atom is 0.276 e. The minimum Gasteiger partial charge on any atom is -0.312 e. The predicted molar refractivity (Wildman–Crippen MR) is 71.9 cm³/mol. The van der Waals surface area contributed by atoms with E-state index in [0.717, 1.165) is 37.3 Å². The molecule has 17 heavy (non-hydrogen) atoms. The first-order valence-corrected chi connectivity index (χ1v) is 6.52. The molecule has 5 heteroatoms. The van der Waals surface area contributed by atoms with E-state index in [0.29, 0.717) is 5.52 Å². The van der Waals surface area contributed by atoms with Crippen LogP contribution in [0, 0.1) is 6.92 Å². The summed E-state index contributed by atoms with van der Waals surface area (Å²) >= 11 is 4.17. The van der Waals surface area contributed by atoms with Gasteiger partial charge >= 0.3 is 0 Å². The van der Waals surface area contributed by atoms with Crippen molar-refractivity contribution in [3.63, 3.8) is 0 Å². The van der Waals surface area contributed by atoms with Crippen molar-refractivity contribution in [2.45, 2.75) is 32.7 Å². The van der Waals surface area contributed by atoms with E-state index in [-0.39, 0.29) is 5.56 Å². The summed E-state index contributed by atoms with van der Waals surface area (Å²) in [6.07, 6.45) is 6.87.